The van der Waals surface area contributed by atoms with E-state index in [1.165, 1.54) is 0 Å². The van der Waals surface area contributed by atoms with Gasteiger partial charge in [0.15, 0.2) is 0 Å². The van der Waals surface area contributed by atoms with Crippen molar-refractivity contribution in [2.24, 2.45) is 0 Å². The van der Waals surface area contributed by atoms with Gasteiger partial charge in [-0.15, -0.1) is 0 Å². The number of urea groups is 1. The lowest BCUT2D eigenvalue weighted by molar-refractivity contribution is -0.151. The van der Waals surface area contributed by atoms with Crippen LogP contribution in [0, 0.1) is 0 Å². The number of carbonyl (C=O) groups is 3. The van der Waals surface area contributed by atoms with Gasteiger partial charge in [0.25, 0.3) is 0 Å². The Morgan fingerprint density at radius 1 is 1.17 bits per heavy atom. The second kappa shape index (κ2) is 2.07. The van der Waals surface area contributed by atoms with Gasteiger partial charge in [0.1, 0.15) is 5.70 Å². The van der Waals surface area contributed by atoms with Crippen LogP contribution >= 0.6 is 0 Å². The van der Waals surface area contributed by atoms with Crippen molar-refractivity contribution in [2.75, 3.05) is 6.54 Å². The first-order valence-electron chi connectivity index (χ1n) is 3.23. The Balaban J connectivity index is 2.41. The van der Waals surface area contributed by atoms with E-state index >= 15 is 0 Å². The van der Waals surface area contributed by atoms with Gasteiger partial charge in [0.05, 0.1) is 12.1 Å². The molecule has 2 amide bonds. The van der Waals surface area contributed by atoms with E-state index in [4.69, 9.17) is 0 Å². The summed E-state index contributed by atoms with van der Waals surface area (Å²) < 4.78 is 4.25. The maximum atomic E-state index is 10.8. The van der Waals surface area contributed by atoms with Crippen molar-refractivity contribution in [1.82, 2.24) is 10.6 Å². The first-order valence-corrected chi connectivity index (χ1v) is 3.23. The molecule has 62 valence electrons. The Labute approximate surface area is 66.6 Å². The van der Waals surface area contributed by atoms with Crippen molar-refractivity contribution in [3.05, 3.63) is 11.3 Å². The van der Waals surface area contributed by atoms with Crippen molar-refractivity contribution in [3.8, 4) is 0 Å². The normalized spacial score (nSPS) is 21.5. The zero-order valence-corrected chi connectivity index (χ0v) is 5.84. The Morgan fingerprint density at radius 3 is 2.67 bits per heavy atom. The van der Waals surface area contributed by atoms with E-state index in [1.807, 2.05) is 0 Å². The monoisotopic (exact) mass is 168 g/mol. The van der Waals surface area contributed by atoms with Crippen LogP contribution in [0.15, 0.2) is 11.3 Å². The summed E-state index contributed by atoms with van der Waals surface area (Å²) in [5, 5.41) is 4.54. The molecular weight excluding hydrogens is 164 g/mol. The van der Waals surface area contributed by atoms with Gasteiger partial charge in [-0.3, -0.25) is 0 Å². The molecule has 2 rings (SSSR count). The molecule has 6 heteroatoms. The predicted molar refractivity (Wildman–Crippen MR) is 34.7 cm³/mol. The summed E-state index contributed by atoms with van der Waals surface area (Å²) in [6.45, 7) is 0.0474. The predicted octanol–water partition coefficient (Wildman–Crippen LogP) is -1.36. The summed E-state index contributed by atoms with van der Waals surface area (Å²) in [6.07, 6.45) is 0. The number of amides is 2. The minimum atomic E-state index is -0.787. The van der Waals surface area contributed by atoms with Crippen LogP contribution in [0.3, 0.4) is 0 Å². The Hall–Kier alpha value is -1.85. The molecule has 0 saturated heterocycles. The number of rotatable bonds is 0. The second-order valence-corrected chi connectivity index (χ2v) is 2.34. The van der Waals surface area contributed by atoms with Crippen molar-refractivity contribution in [1.29, 1.82) is 0 Å². The van der Waals surface area contributed by atoms with Crippen molar-refractivity contribution < 1.29 is 19.1 Å². The number of nitrogens with one attached hydrogen (secondary N) is 2. The van der Waals surface area contributed by atoms with Crippen molar-refractivity contribution in [2.45, 2.75) is 0 Å². The molecule has 0 aromatic rings. The van der Waals surface area contributed by atoms with E-state index in [1.54, 1.807) is 0 Å². The molecule has 0 unspecified atom stereocenters. The fourth-order valence-corrected chi connectivity index (χ4v) is 1.04. The summed E-state index contributed by atoms with van der Waals surface area (Å²) in [4.78, 5) is 32.3. The molecule has 2 N–H and O–H groups in total. The van der Waals surface area contributed by atoms with E-state index < -0.39 is 18.0 Å². The van der Waals surface area contributed by atoms with Gasteiger partial charge in [-0.05, 0) is 0 Å². The molecular formula is C6H4N2O4. The largest absolute Gasteiger partial charge is 0.385 e. The van der Waals surface area contributed by atoms with Crippen LogP contribution in [0.4, 0.5) is 4.79 Å². The SMILES string of the molecule is O=C1NCC2=C(N1)C(=O)OC2=O. The van der Waals surface area contributed by atoms with Crippen molar-refractivity contribution >= 4 is 18.0 Å². The fraction of sp³-hybridized carbons (Fsp3) is 0.167. The van der Waals surface area contributed by atoms with Crippen molar-refractivity contribution in [3.63, 3.8) is 0 Å². The molecule has 0 bridgehead atoms. The fourth-order valence-electron chi connectivity index (χ4n) is 1.04. The molecule has 0 aliphatic carbocycles. The molecule has 0 saturated carbocycles. The molecule has 0 radical (unpaired) electrons. The van der Waals surface area contributed by atoms with E-state index in [-0.39, 0.29) is 17.8 Å². The lowest BCUT2D eigenvalue weighted by Gasteiger charge is -2.11. The highest BCUT2D eigenvalue weighted by atomic mass is 16.6. The minimum Gasteiger partial charge on any atom is -0.385 e. The summed E-state index contributed by atoms with van der Waals surface area (Å²) in [5.74, 6) is -1.48. The Bertz CT molecular complexity index is 330. The van der Waals surface area contributed by atoms with Gasteiger partial charge in [0.2, 0.25) is 0 Å². The summed E-state index contributed by atoms with van der Waals surface area (Å²) in [7, 11) is 0. The maximum Gasteiger partial charge on any atom is 0.363 e. The highest BCUT2D eigenvalue weighted by Crippen LogP contribution is 2.16. The molecule has 2 aliphatic rings. The highest BCUT2D eigenvalue weighted by Gasteiger charge is 2.36. The second-order valence-electron chi connectivity index (χ2n) is 2.34. The van der Waals surface area contributed by atoms with Gasteiger partial charge >= 0.3 is 18.0 Å². The van der Waals surface area contributed by atoms with Crippen LogP contribution in [0.2, 0.25) is 0 Å². The molecule has 2 aliphatic heterocycles. The lowest BCUT2D eigenvalue weighted by atomic mass is 10.2. The molecule has 0 spiro atoms. The Kier molecular flexibility index (Phi) is 1.18. The van der Waals surface area contributed by atoms with Crippen LogP contribution in [0.5, 0.6) is 0 Å². The minimum absolute atomic E-state index is 0.0382. The quantitative estimate of drug-likeness (QED) is 0.345. The molecule has 0 fully saturated rings. The van der Waals surface area contributed by atoms with Gasteiger partial charge in [-0.2, -0.15) is 0 Å². The average Bonchev–Trinajstić information content (AvgIpc) is 2.28. The highest BCUT2D eigenvalue weighted by molar-refractivity contribution is 6.14. The van der Waals surface area contributed by atoms with Gasteiger partial charge in [0, 0.05) is 0 Å². The maximum absolute atomic E-state index is 10.8. The number of esters is 2. The summed E-state index contributed by atoms with van der Waals surface area (Å²) >= 11 is 0. The number of cyclic esters (lactones) is 2. The molecule has 0 aromatic heterocycles. The Morgan fingerprint density at radius 2 is 1.92 bits per heavy atom. The van der Waals surface area contributed by atoms with Crippen LogP contribution in [-0.2, 0) is 14.3 Å². The van der Waals surface area contributed by atoms with E-state index in [0.29, 0.717) is 0 Å². The zero-order chi connectivity index (χ0) is 8.72. The van der Waals surface area contributed by atoms with E-state index in [2.05, 4.69) is 15.4 Å². The number of hydrogen-bond acceptors (Lipinski definition) is 4. The molecule has 6 nitrogen and oxygen atoms in total. The summed E-state index contributed by atoms with van der Waals surface area (Å²) in [5.41, 5.74) is 0.142. The van der Waals surface area contributed by atoms with E-state index in [9.17, 15) is 14.4 Å². The number of carbonyl (C=O) groups excluding carboxylic acids is 3. The smallest absolute Gasteiger partial charge is 0.363 e. The molecule has 12 heavy (non-hydrogen) atoms. The van der Waals surface area contributed by atoms with Crippen LogP contribution in [0.1, 0.15) is 0 Å². The average molecular weight is 168 g/mol. The topological polar surface area (TPSA) is 84.5 Å². The standard InChI is InChI=1S/C6H4N2O4/c9-4-2-1-7-6(11)8-3(2)5(10)12-4/h1H2,(H2,7,8,11). The van der Waals surface area contributed by atoms with Crippen LogP contribution in [-0.4, -0.2) is 24.5 Å². The lowest BCUT2D eigenvalue weighted by Crippen LogP contribution is -2.42. The van der Waals surface area contributed by atoms with Gasteiger partial charge < -0.3 is 15.4 Å². The first kappa shape index (κ1) is 6.84. The van der Waals surface area contributed by atoms with Gasteiger partial charge in [-0.1, -0.05) is 0 Å². The third-order valence-electron chi connectivity index (χ3n) is 1.60. The van der Waals surface area contributed by atoms with Crippen LogP contribution in [0.25, 0.3) is 0 Å². The van der Waals surface area contributed by atoms with E-state index in [0.717, 1.165) is 0 Å². The molecule has 0 atom stereocenters. The number of ether oxygens (including phenoxy) is 1. The summed E-state index contributed by atoms with van der Waals surface area (Å²) in [6, 6.07) is -0.500. The van der Waals surface area contributed by atoms with Crippen LogP contribution < -0.4 is 10.6 Å². The third-order valence-corrected chi connectivity index (χ3v) is 1.60. The zero-order valence-electron chi connectivity index (χ0n) is 5.84. The van der Waals surface area contributed by atoms with Gasteiger partial charge in [-0.25, -0.2) is 14.4 Å². The third kappa shape index (κ3) is 0.777. The first-order chi connectivity index (χ1) is 5.68. The molecule has 2 heterocycles. The number of hydrogen-bond donors (Lipinski definition) is 2. The molecule has 0 aromatic carbocycles.